The predicted octanol–water partition coefficient (Wildman–Crippen LogP) is 6.14. The molecule has 0 aliphatic rings. The van der Waals surface area contributed by atoms with Crippen molar-refractivity contribution in [2.24, 2.45) is 0 Å². The number of benzene rings is 2. The molecular weight excluding hydrogens is 480 g/mol. The van der Waals surface area contributed by atoms with Crippen molar-refractivity contribution >= 4 is 44.0 Å². The quantitative estimate of drug-likeness (QED) is 0.265. The summed E-state index contributed by atoms with van der Waals surface area (Å²) < 4.78 is 2.85. The van der Waals surface area contributed by atoms with E-state index in [2.05, 4.69) is 42.9 Å². The molecule has 0 spiro atoms. The average Bonchev–Trinajstić information content (AvgIpc) is 3.29. The summed E-state index contributed by atoms with van der Waals surface area (Å²) >= 11 is 4.74. The summed E-state index contributed by atoms with van der Waals surface area (Å²) in [5.74, 6) is -0.260. The number of nitrogens with one attached hydrogen (secondary N) is 1. The van der Waals surface area contributed by atoms with E-state index in [9.17, 15) is 14.9 Å². The highest BCUT2D eigenvalue weighted by Gasteiger charge is 2.15. The van der Waals surface area contributed by atoms with E-state index in [1.54, 1.807) is 24.3 Å². The third kappa shape index (κ3) is 4.28. The molecular formula is C22H17BrN4O3S. The van der Waals surface area contributed by atoms with E-state index in [0.29, 0.717) is 16.4 Å². The number of amides is 1. The van der Waals surface area contributed by atoms with Gasteiger partial charge >= 0.3 is 0 Å². The summed E-state index contributed by atoms with van der Waals surface area (Å²) in [6, 6.07) is 17.6. The number of nitrogens with zero attached hydrogens (tertiary/aromatic N) is 3. The Labute approximate surface area is 190 Å². The van der Waals surface area contributed by atoms with Gasteiger partial charge in [-0.2, -0.15) is 0 Å². The second-order valence-corrected chi connectivity index (χ2v) is 9.21. The molecule has 0 atom stereocenters. The minimum Gasteiger partial charge on any atom is -0.319 e. The summed E-state index contributed by atoms with van der Waals surface area (Å²) in [7, 11) is 0. The number of hydrogen-bond acceptors (Lipinski definition) is 5. The van der Waals surface area contributed by atoms with Crippen molar-refractivity contribution in [1.82, 2.24) is 9.55 Å². The zero-order chi connectivity index (χ0) is 22.1. The van der Waals surface area contributed by atoms with E-state index in [1.807, 2.05) is 26.0 Å². The van der Waals surface area contributed by atoms with Crippen molar-refractivity contribution in [2.75, 3.05) is 5.32 Å². The molecule has 31 heavy (non-hydrogen) atoms. The first-order valence-corrected chi connectivity index (χ1v) is 10.9. The number of carbonyl (C=O) groups is 1. The van der Waals surface area contributed by atoms with Crippen molar-refractivity contribution in [2.45, 2.75) is 13.8 Å². The van der Waals surface area contributed by atoms with Crippen LogP contribution < -0.4 is 5.32 Å². The summed E-state index contributed by atoms with van der Waals surface area (Å²) in [6.07, 6.45) is 0. The topological polar surface area (TPSA) is 90.1 Å². The van der Waals surface area contributed by atoms with Crippen LogP contribution in [0.3, 0.4) is 0 Å². The summed E-state index contributed by atoms with van der Waals surface area (Å²) in [5.41, 5.74) is 5.11. The van der Waals surface area contributed by atoms with E-state index in [4.69, 9.17) is 0 Å². The second-order valence-electron chi connectivity index (χ2n) is 6.90. The smallest absolute Gasteiger partial charge is 0.269 e. The fourth-order valence-electron chi connectivity index (χ4n) is 3.28. The van der Waals surface area contributed by atoms with Gasteiger partial charge in [0.15, 0.2) is 5.13 Å². The largest absolute Gasteiger partial charge is 0.319 e. The highest BCUT2D eigenvalue weighted by molar-refractivity contribution is 9.11. The molecule has 9 heteroatoms. The molecule has 2 heterocycles. The molecule has 0 radical (unpaired) electrons. The van der Waals surface area contributed by atoms with Crippen LogP contribution in [0.15, 0.2) is 64.5 Å². The SMILES string of the molecule is Cc1ccc(C)n1-c1ccc(C(=O)Nc2nc(-c3ccc([N+](=O)[O-])cc3)c(Br)s2)cc1. The van der Waals surface area contributed by atoms with Crippen molar-refractivity contribution < 1.29 is 9.72 Å². The average molecular weight is 497 g/mol. The van der Waals surface area contributed by atoms with Gasteiger partial charge in [0.25, 0.3) is 11.6 Å². The van der Waals surface area contributed by atoms with Crippen LogP contribution >= 0.6 is 27.3 Å². The van der Waals surface area contributed by atoms with Crippen LogP contribution in [0.5, 0.6) is 0 Å². The predicted molar refractivity (Wildman–Crippen MR) is 125 cm³/mol. The maximum atomic E-state index is 12.7. The Morgan fingerprint density at radius 2 is 1.65 bits per heavy atom. The van der Waals surface area contributed by atoms with Gasteiger partial charge in [0, 0.05) is 40.3 Å². The lowest BCUT2D eigenvalue weighted by Gasteiger charge is -2.10. The molecule has 0 aliphatic carbocycles. The first-order valence-electron chi connectivity index (χ1n) is 9.31. The van der Waals surface area contributed by atoms with Crippen molar-refractivity contribution in [3.05, 3.63) is 91.5 Å². The second kappa shape index (κ2) is 8.44. The number of non-ortho nitro benzene ring substituents is 1. The molecule has 1 N–H and O–H groups in total. The van der Waals surface area contributed by atoms with Gasteiger partial charge < -0.3 is 4.57 Å². The molecule has 0 saturated carbocycles. The Kier molecular flexibility index (Phi) is 5.71. The van der Waals surface area contributed by atoms with Crippen LogP contribution in [0.4, 0.5) is 10.8 Å². The van der Waals surface area contributed by atoms with Gasteiger partial charge in [-0.15, -0.1) is 0 Å². The number of carbonyl (C=O) groups excluding carboxylic acids is 1. The van der Waals surface area contributed by atoms with E-state index in [1.165, 1.54) is 23.5 Å². The molecule has 0 saturated heterocycles. The highest BCUT2D eigenvalue weighted by atomic mass is 79.9. The van der Waals surface area contributed by atoms with Crippen LogP contribution in [-0.2, 0) is 0 Å². The number of nitro benzene ring substituents is 1. The third-order valence-electron chi connectivity index (χ3n) is 4.82. The lowest BCUT2D eigenvalue weighted by Crippen LogP contribution is -2.11. The first kappa shape index (κ1) is 21.0. The Morgan fingerprint density at radius 3 is 2.23 bits per heavy atom. The molecule has 4 rings (SSSR count). The minimum absolute atomic E-state index is 0.0115. The fraction of sp³-hybridized carbons (Fsp3) is 0.0909. The molecule has 156 valence electrons. The van der Waals surface area contributed by atoms with Crippen LogP contribution in [0.2, 0.25) is 0 Å². The van der Waals surface area contributed by atoms with E-state index >= 15 is 0 Å². The Morgan fingerprint density at radius 1 is 1.03 bits per heavy atom. The van der Waals surface area contributed by atoms with Gasteiger partial charge in [-0.25, -0.2) is 4.98 Å². The number of halogens is 1. The van der Waals surface area contributed by atoms with Crippen LogP contribution in [0.25, 0.3) is 16.9 Å². The third-order valence-corrected chi connectivity index (χ3v) is 6.44. The zero-order valence-corrected chi connectivity index (χ0v) is 19.0. The van der Waals surface area contributed by atoms with Crippen LogP contribution in [0.1, 0.15) is 21.7 Å². The summed E-state index contributed by atoms with van der Waals surface area (Å²) in [6.45, 7) is 4.08. The number of hydrogen-bond donors (Lipinski definition) is 1. The lowest BCUT2D eigenvalue weighted by atomic mass is 10.1. The number of aryl methyl sites for hydroxylation is 2. The van der Waals surface area contributed by atoms with Gasteiger partial charge in [-0.3, -0.25) is 20.2 Å². The van der Waals surface area contributed by atoms with Gasteiger partial charge in [0.1, 0.15) is 0 Å². The molecule has 0 bridgehead atoms. The maximum absolute atomic E-state index is 12.7. The molecule has 0 aliphatic heterocycles. The van der Waals surface area contributed by atoms with Crippen LogP contribution in [0, 0.1) is 24.0 Å². The maximum Gasteiger partial charge on any atom is 0.269 e. The first-order chi connectivity index (χ1) is 14.8. The summed E-state index contributed by atoms with van der Waals surface area (Å²) in [4.78, 5) is 27.5. The Balaban J connectivity index is 1.51. The molecule has 4 aromatic rings. The standard InChI is InChI=1S/C22H17BrN4O3S/c1-13-3-4-14(2)26(13)17-9-7-16(8-10-17)21(28)25-22-24-19(20(23)31-22)15-5-11-18(12-6-15)27(29)30/h3-12H,1-2H3,(H,24,25,28). The van der Waals surface area contributed by atoms with Crippen LogP contribution in [-0.4, -0.2) is 20.4 Å². The monoisotopic (exact) mass is 496 g/mol. The van der Waals surface area contributed by atoms with E-state index in [0.717, 1.165) is 26.4 Å². The molecule has 7 nitrogen and oxygen atoms in total. The fourth-order valence-corrected chi connectivity index (χ4v) is 4.77. The van der Waals surface area contributed by atoms with Gasteiger partial charge in [0.05, 0.1) is 14.4 Å². The summed E-state index contributed by atoms with van der Waals surface area (Å²) in [5, 5.41) is 14.1. The molecule has 1 amide bonds. The normalized spacial score (nSPS) is 10.8. The van der Waals surface area contributed by atoms with Gasteiger partial charge in [-0.1, -0.05) is 11.3 Å². The van der Waals surface area contributed by atoms with Gasteiger partial charge in [-0.05, 0) is 78.3 Å². The van der Waals surface area contributed by atoms with Crippen molar-refractivity contribution in [1.29, 1.82) is 0 Å². The number of nitro groups is 1. The van der Waals surface area contributed by atoms with Crippen molar-refractivity contribution in [3.63, 3.8) is 0 Å². The molecule has 2 aromatic heterocycles. The van der Waals surface area contributed by atoms with Gasteiger partial charge in [0.2, 0.25) is 0 Å². The van der Waals surface area contributed by atoms with E-state index in [-0.39, 0.29) is 11.6 Å². The minimum atomic E-state index is -0.449. The molecule has 2 aromatic carbocycles. The number of rotatable bonds is 5. The number of anilines is 1. The zero-order valence-electron chi connectivity index (χ0n) is 16.6. The number of aromatic nitrogens is 2. The lowest BCUT2D eigenvalue weighted by molar-refractivity contribution is -0.384. The number of thiazole rings is 1. The highest BCUT2D eigenvalue weighted by Crippen LogP contribution is 2.36. The molecule has 0 unspecified atom stereocenters. The Hall–Kier alpha value is -3.30. The Bertz CT molecular complexity index is 1260. The van der Waals surface area contributed by atoms with E-state index < -0.39 is 4.92 Å². The molecule has 0 fully saturated rings. The van der Waals surface area contributed by atoms with Crippen molar-refractivity contribution in [3.8, 4) is 16.9 Å².